The van der Waals surface area contributed by atoms with Crippen LogP contribution >= 0.6 is 0 Å². The number of hydrogen-bond donors (Lipinski definition) is 0. The number of ether oxygens (including phenoxy) is 1. The lowest BCUT2D eigenvalue weighted by Crippen LogP contribution is -2.04. The molecule has 0 fully saturated rings. The molecule has 5 heteroatoms. The highest BCUT2D eigenvalue weighted by molar-refractivity contribution is 5.76. The van der Waals surface area contributed by atoms with Crippen molar-refractivity contribution in [3.63, 3.8) is 0 Å². The van der Waals surface area contributed by atoms with Gasteiger partial charge in [0.2, 0.25) is 0 Å². The first-order valence-electron chi connectivity index (χ1n) is 5.20. The second kappa shape index (κ2) is 4.78. The van der Waals surface area contributed by atoms with Crippen molar-refractivity contribution < 1.29 is 9.53 Å². The molecule has 0 spiro atoms. The highest BCUT2D eigenvalue weighted by Crippen LogP contribution is 2.21. The van der Waals surface area contributed by atoms with Gasteiger partial charge in [0.1, 0.15) is 0 Å². The van der Waals surface area contributed by atoms with E-state index in [-0.39, 0.29) is 12.4 Å². The Bertz CT molecular complexity index is 520. The van der Waals surface area contributed by atoms with Gasteiger partial charge in [-0.1, -0.05) is 0 Å². The summed E-state index contributed by atoms with van der Waals surface area (Å²) in [5.74, 6) is -0.270. The summed E-state index contributed by atoms with van der Waals surface area (Å²) in [5, 5.41) is 4.35. The van der Waals surface area contributed by atoms with Crippen molar-refractivity contribution in [3.05, 3.63) is 36.3 Å². The van der Waals surface area contributed by atoms with Crippen LogP contribution in [-0.2, 0) is 23.0 Å². The van der Waals surface area contributed by atoms with Crippen LogP contribution in [0.2, 0.25) is 0 Å². The molecule has 0 bridgehead atoms. The second-order valence-corrected chi connectivity index (χ2v) is 3.67. The van der Waals surface area contributed by atoms with E-state index in [0.717, 1.165) is 16.8 Å². The van der Waals surface area contributed by atoms with Crippen molar-refractivity contribution in [2.45, 2.75) is 6.42 Å². The van der Waals surface area contributed by atoms with E-state index in [1.54, 1.807) is 17.1 Å². The third-order valence-electron chi connectivity index (χ3n) is 2.42. The summed E-state index contributed by atoms with van der Waals surface area (Å²) in [7, 11) is 3.20. The van der Waals surface area contributed by atoms with Gasteiger partial charge in [0.05, 0.1) is 19.2 Å². The van der Waals surface area contributed by atoms with E-state index < -0.39 is 0 Å². The maximum Gasteiger partial charge on any atom is 0.310 e. The molecule has 5 nitrogen and oxygen atoms in total. The van der Waals surface area contributed by atoms with Gasteiger partial charge in [0, 0.05) is 36.8 Å². The Hall–Kier alpha value is -2.17. The molecule has 2 heterocycles. The lowest BCUT2D eigenvalue weighted by atomic mass is 10.1. The fourth-order valence-corrected chi connectivity index (χ4v) is 1.65. The molecule has 88 valence electrons. The summed E-state index contributed by atoms with van der Waals surface area (Å²) in [4.78, 5) is 15.3. The van der Waals surface area contributed by atoms with Crippen LogP contribution in [0.1, 0.15) is 5.56 Å². The minimum Gasteiger partial charge on any atom is -0.469 e. The molecule has 0 N–H and O–H groups in total. The van der Waals surface area contributed by atoms with Gasteiger partial charge in [0.25, 0.3) is 0 Å². The van der Waals surface area contributed by atoms with E-state index in [4.69, 9.17) is 0 Å². The van der Waals surface area contributed by atoms with Crippen LogP contribution in [0.5, 0.6) is 0 Å². The summed E-state index contributed by atoms with van der Waals surface area (Å²) >= 11 is 0. The summed E-state index contributed by atoms with van der Waals surface area (Å²) < 4.78 is 6.35. The molecule has 0 aliphatic rings. The molecular formula is C12H13N3O2. The van der Waals surface area contributed by atoms with Crippen molar-refractivity contribution in [2.24, 2.45) is 7.05 Å². The Morgan fingerprint density at radius 1 is 1.41 bits per heavy atom. The lowest BCUT2D eigenvalue weighted by molar-refractivity contribution is -0.139. The van der Waals surface area contributed by atoms with Crippen LogP contribution in [0, 0.1) is 0 Å². The Balaban J connectivity index is 2.37. The van der Waals surface area contributed by atoms with Gasteiger partial charge in [-0.05, 0) is 12.1 Å². The van der Waals surface area contributed by atoms with E-state index in [1.807, 2.05) is 25.4 Å². The van der Waals surface area contributed by atoms with E-state index in [2.05, 4.69) is 14.8 Å². The maximum atomic E-state index is 11.3. The molecule has 17 heavy (non-hydrogen) atoms. The largest absolute Gasteiger partial charge is 0.469 e. The number of aryl methyl sites for hydroxylation is 1. The molecule has 0 aliphatic carbocycles. The number of carbonyl (C=O) groups excluding carboxylic acids is 1. The first-order valence-corrected chi connectivity index (χ1v) is 5.20. The molecule has 0 atom stereocenters. The topological polar surface area (TPSA) is 57.0 Å². The summed E-state index contributed by atoms with van der Waals surface area (Å²) in [6.45, 7) is 0. The van der Waals surface area contributed by atoms with E-state index in [1.165, 1.54) is 7.11 Å². The van der Waals surface area contributed by atoms with Gasteiger partial charge < -0.3 is 4.74 Å². The van der Waals surface area contributed by atoms with Crippen LogP contribution in [0.25, 0.3) is 11.3 Å². The molecule has 0 aliphatic heterocycles. The third-order valence-corrected chi connectivity index (χ3v) is 2.42. The zero-order valence-corrected chi connectivity index (χ0v) is 9.75. The van der Waals surface area contributed by atoms with E-state index in [0.29, 0.717) is 0 Å². The van der Waals surface area contributed by atoms with Crippen LogP contribution < -0.4 is 0 Å². The molecule has 0 unspecified atom stereocenters. The molecule has 2 aromatic heterocycles. The SMILES string of the molecule is COC(=O)Cc1cn(C)nc1-c1ccncc1. The zero-order chi connectivity index (χ0) is 12.3. The number of esters is 1. The van der Waals surface area contributed by atoms with Crippen LogP contribution in [0.3, 0.4) is 0 Å². The molecule has 0 saturated heterocycles. The van der Waals surface area contributed by atoms with E-state index >= 15 is 0 Å². The Morgan fingerprint density at radius 3 is 2.76 bits per heavy atom. The number of pyridine rings is 1. The minimum atomic E-state index is -0.270. The Morgan fingerprint density at radius 2 is 2.12 bits per heavy atom. The quantitative estimate of drug-likeness (QED) is 0.745. The van der Waals surface area contributed by atoms with Crippen molar-refractivity contribution in [3.8, 4) is 11.3 Å². The molecule has 0 aromatic carbocycles. The maximum absolute atomic E-state index is 11.3. The highest BCUT2D eigenvalue weighted by atomic mass is 16.5. The molecular weight excluding hydrogens is 218 g/mol. The monoisotopic (exact) mass is 231 g/mol. The highest BCUT2D eigenvalue weighted by Gasteiger charge is 2.13. The number of rotatable bonds is 3. The summed E-state index contributed by atoms with van der Waals surface area (Å²) in [6, 6.07) is 3.73. The first-order chi connectivity index (χ1) is 8.20. The number of carbonyl (C=O) groups is 1. The molecule has 2 rings (SSSR count). The van der Waals surface area contributed by atoms with Crippen LogP contribution in [-0.4, -0.2) is 27.8 Å². The van der Waals surface area contributed by atoms with Gasteiger partial charge in [0.15, 0.2) is 0 Å². The molecule has 0 amide bonds. The van der Waals surface area contributed by atoms with E-state index in [9.17, 15) is 4.79 Å². The van der Waals surface area contributed by atoms with Crippen molar-refractivity contribution in [2.75, 3.05) is 7.11 Å². The summed E-state index contributed by atoms with van der Waals surface area (Å²) in [5.41, 5.74) is 2.59. The molecule has 0 radical (unpaired) electrons. The zero-order valence-electron chi connectivity index (χ0n) is 9.75. The summed E-state index contributed by atoms with van der Waals surface area (Å²) in [6.07, 6.45) is 5.45. The number of hydrogen-bond acceptors (Lipinski definition) is 4. The number of aromatic nitrogens is 3. The third kappa shape index (κ3) is 2.50. The first kappa shape index (κ1) is 11.3. The smallest absolute Gasteiger partial charge is 0.310 e. The van der Waals surface area contributed by atoms with Crippen molar-refractivity contribution in [1.29, 1.82) is 0 Å². The molecule has 2 aromatic rings. The molecule has 0 saturated carbocycles. The average molecular weight is 231 g/mol. The second-order valence-electron chi connectivity index (χ2n) is 3.67. The average Bonchev–Trinajstić information content (AvgIpc) is 2.71. The van der Waals surface area contributed by atoms with Gasteiger partial charge in [-0.2, -0.15) is 5.10 Å². The number of nitrogens with zero attached hydrogens (tertiary/aromatic N) is 3. The predicted molar refractivity (Wildman–Crippen MR) is 62.2 cm³/mol. The minimum absolute atomic E-state index is 0.224. The fourth-order valence-electron chi connectivity index (χ4n) is 1.65. The van der Waals surface area contributed by atoms with Crippen LogP contribution in [0.4, 0.5) is 0 Å². The predicted octanol–water partition coefficient (Wildman–Crippen LogP) is 1.20. The normalized spacial score (nSPS) is 10.2. The fraction of sp³-hybridized carbons (Fsp3) is 0.250. The van der Waals surface area contributed by atoms with Gasteiger partial charge in [-0.15, -0.1) is 0 Å². The van der Waals surface area contributed by atoms with Crippen molar-refractivity contribution in [1.82, 2.24) is 14.8 Å². The van der Waals surface area contributed by atoms with Gasteiger partial charge in [-0.3, -0.25) is 14.5 Å². The van der Waals surface area contributed by atoms with Gasteiger partial charge >= 0.3 is 5.97 Å². The van der Waals surface area contributed by atoms with Gasteiger partial charge in [-0.25, -0.2) is 0 Å². The Labute approximate surface area is 99.1 Å². The van der Waals surface area contributed by atoms with Crippen LogP contribution in [0.15, 0.2) is 30.7 Å². The lowest BCUT2D eigenvalue weighted by Gasteiger charge is -2.00. The number of methoxy groups -OCH3 is 1. The van der Waals surface area contributed by atoms with Crippen molar-refractivity contribution >= 4 is 5.97 Å². The standard InChI is InChI=1S/C12H13N3O2/c1-15-8-10(7-11(16)17-2)12(14-15)9-3-5-13-6-4-9/h3-6,8H,7H2,1-2H3. The Kier molecular flexibility index (Phi) is 3.18.